The van der Waals surface area contributed by atoms with E-state index in [-0.39, 0.29) is 5.97 Å². The highest BCUT2D eigenvalue weighted by Crippen LogP contribution is 2.12. The monoisotopic (exact) mass is 330 g/mol. The molecule has 22 heavy (non-hydrogen) atoms. The highest BCUT2D eigenvalue weighted by atomic mass is 28.4. The van der Waals surface area contributed by atoms with Gasteiger partial charge in [0, 0.05) is 13.0 Å². The summed E-state index contributed by atoms with van der Waals surface area (Å²) in [5.41, 5.74) is 0. The number of rotatable bonds is 15. The van der Waals surface area contributed by atoms with E-state index >= 15 is 0 Å². The third kappa shape index (κ3) is 17.7. The molecule has 0 saturated heterocycles. The molecule has 132 valence electrons. The molecule has 0 radical (unpaired) electrons. The normalized spacial score (nSPS) is 11.6. The Morgan fingerprint density at radius 3 is 1.55 bits per heavy atom. The Morgan fingerprint density at radius 1 is 0.727 bits per heavy atom. The second-order valence-electron chi connectivity index (χ2n) is 7.18. The third-order valence-electron chi connectivity index (χ3n) is 3.79. The Balaban J connectivity index is 3.07. The van der Waals surface area contributed by atoms with E-state index in [2.05, 4.69) is 24.4 Å². The number of hydrogen-bond donors (Lipinski definition) is 0. The Hall–Kier alpha value is -0.353. The van der Waals surface area contributed by atoms with Crippen LogP contribution in [0.5, 0.6) is 0 Å². The van der Waals surface area contributed by atoms with Gasteiger partial charge in [-0.25, -0.2) is 0 Å². The van der Waals surface area contributed by atoms with Crippen LogP contribution in [0.15, 0.2) is 0 Å². The fraction of sp³-hybridized carbons (Fsp3) is 0.944. The first-order valence-corrected chi connectivity index (χ1v) is 12.6. The molecule has 0 saturated carbocycles. The number of unbranched alkanes of at least 4 members (excludes halogenated alkanes) is 10. The average Bonchev–Trinajstić information content (AvgIpc) is 2.46. The van der Waals surface area contributed by atoms with Crippen LogP contribution >= 0.6 is 0 Å². The van der Waals surface area contributed by atoms with Crippen LogP contribution in [0.3, 0.4) is 0 Å². The average molecular weight is 331 g/mol. The van der Waals surface area contributed by atoms with E-state index in [1.165, 1.54) is 64.9 Å². The van der Waals surface area contributed by atoms with Gasteiger partial charge in [-0.05, 0) is 32.5 Å². The standard InChI is InChI=1S/C18H38O3Si/c1-20-18(19)16-14-12-10-8-6-5-7-9-11-13-15-17-21-22(2,3)4/h5-17H2,1-4H3. The zero-order valence-electron chi connectivity index (χ0n) is 15.4. The molecule has 0 aliphatic rings. The van der Waals surface area contributed by atoms with E-state index in [0.717, 1.165) is 19.4 Å². The van der Waals surface area contributed by atoms with Crippen molar-refractivity contribution < 1.29 is 14.0 Å². The summed E-state index contributed by atoms with van der Waals surface area (Å²) < 4.78 is 10.5. The molecule has 3 nitrogen and oxygen atoms in total. The molecule has 0 aromatic carbocycles. The number of carbonyl (C=O) groups is 1. The van der Waals surface area contributed by atoms with Gasteiger partial charge in [-0.1, -0.05) is 57.8 Å². The second-order valence-corrected chi connectivity index (χ2v) is 11.7. The SMILES string of the molecule is COC(=O)CCCCCCCCCCCCCO[Si](C)(C)C. The molecule has 0 aromatic rings. The van der Waals surface area contributed by atoms with Gasteiger partial charge in [0.05, 0.1) is 7.11 Å². The minimum atomic E-state index is -1.29. The van der Waals surface area contributed by atoms with Gasteiger partial charge in [-0.2, -0.15) is 0 Å². The van der Waals surface area contributed by atoms with Crippen molar-refractivity contribution >= 4 is 14.3 Å². The lowest BCUT2D eigenvalue weighted by Crippen LogP contribution is -2.25. The lowest BCUT2D eigenvalue weighted by molar-refractivity contribution is -0.140. The first-order valence-electron chi connectivity index (χ1n) is 9.16. The summed E-state index contributed by atoms with van der Waals surface area (Å²) in [7, 11) is 0.168. The molecule has 4 heteroatoms. The quantitative estimate of drug-likeness (QED) is 0.220. The van der Waals surface area contributed by atoms with E-state index in [1.54, 1.807) is 0 Å². The lowest BCUT2D eigenvalue weighted by atomic mass is 10.1. The minimum absolute atomic E-state index is 0.0738. The van der Waals surface area contributed by atoms with Crippen LogP contribution in [0, 0.1) is 0 Å². The highest BCUT2D eigenvalue weighted by molar-refractivity contribution is 6.69. The van der Waals surface area contributed by atoms with Gasteiger partial charge < -0.3 is 9.16 Å². The van der Waals surface area contributed by atoms with Crippen LogP contribution in [-0.4, -0.2) is 28.0 Å². The topological polar surface area (TPSA) is 35.5 Å². The van der Waals surface area contributed by atoms with Gasteiger partial charge >= 0.3 is 5.97 Å². The summed E-state index contributed by atoms with van der Waals surface area (Å²) in [5, 5.41) is 0. The molecule has 0 aromatic heterocycles. The molecule has 0 rings (SSSR count). The molecule has 0 atom stereocenters. The van der Waals surface area contributed by atoms with E-state index in [4.69, 9.17) is 4.43 Å². The van der Waals surface area contributed by atoms with Crippen LogP contribution in [0.4, 0.5) is 0 Å². The van der Waals surface area contributed by atoms with Crippen molar-refractivity contribution in [3.05, 3.63) is 0 Å². The fourth-order valence-corrected chi connectivity index (χ4v) is 3.20. The van der Waals surface area contributed by atoms with E-state index in [0.29, 0.717) is 6.42 Å². The van der Waals surface area contributed by atoms with Gasteiger partial charge in [0.2, 0.25) is 0 Å². The van der Waals surface area contributed by atoms with Crippen molar-refractivity contribution in [3.63, 3.8) is 0 Å². The Kier molecular flexibility index (Phi) is 14.0. The van der Waals surface area contributed by atoms with Crippen LogP contribution in [0.25, 0.3) is 0 Å². The zero-order valence-corrected chi connectivity index (χ0v) is 16.4. The molecule has 0 fully saturated rings. The van der Waals surface area contributed by atoms with Crippen molar-refractivity contribution in [3.8, 4) is 0 Å². The predicted molar refractivity (Wildman–Crippen MR) is 96.7 cm³/mol. The summed E-state index contributed by atoms with van der Waals surface area (Å²) >= 11 is 0. The summed E-state index contributed by atoms with van der Waals surface area (Å²) in [6.07, 6.45) is 14.6. The maximum atomic E-state index is 10.9. The first-order chi connectivity index (χ1) is 10.5. The summed E-state index contributed by atoms with van der Waals surface area (Å²) in [6, 6.07) is 0. The number of methoxy groups -OCH3 is 1. The van der Waals surface area contributed by atoms with E-state index in [1.807, 2.05) is 0 Å². The van der Waals surface area contributed by atoms with Gasteiger partial charge in [-0.3, -0.25) is 4.79 Å². The van der Waals surface area contributed by atoms with Gasteiger partial charge in [-0.15, -0.1) is 0 Å². The smallest absolute Gasteiger partial charge is 0.305 e. The van der Waals surface area contributed by atoms with Crippen molar-refractivity contribution in [1.82, 2.24) is 0 Å². The molecule has 0 spiro atoms. The maximum Gasteiger partial charge on any atom is 0.305 e. The molecule has 0 bridgehead atoms. The summed E-state index contributed by atoms with van der Waals surface area (Å²) in [6.45, 7) is 7.72. The minimum Gasteiger partial charge on any atom is -0.469 e. The van der Waals surface area contributed by atoms with Crippen LogP contribution in [0.1, 0.15) is 77.0 Å². The molecule has 0 N–H and O–H groups in total. The van der Waals surface area contributed by atoms with Crippen LogP contribution in [-0.2, 0) is 14.0 Å². The van der Waals surface area contributed by atoms with Crippen molar-refractivity contribution in [2.24, 2.45) is 0 Å². The fourth-order valence-electron chi connectivity index (χ4n) is 2.44. The van der Waals surface area contributed by atoms with Crippen molar-refractivity contribution in [2.75, 3.05) is 13.7 Å². The molecule has 0 heterocycles. The number of ether oxygens (including phenoxy) is 1. The van der Waals surface area contributed by atoms with Gasteiger partial charge in [0.15, 0.2) is 8.32 Å². The second kappa shape index (κ2) is 14.3. The maximum absolute atomic E-state index is 10.9. The van der Waals surface area contributed by atoms with Crippen LogP contribution < -0.4 is 0 Å². The third-order valence-corrected chi connectivity index (χ3v) is 4.86. The van der Waals surface area contributed by atoms with Crippen LogP contribution in [0.2, 0.25) is 19.6 Å². The number of esters is 1. The van der Waals surface area contributed by atoms with Gasteiger partial charge in [0.1, 0.15) is 0 Å². The molecular formula is C18H38O3Si. The van der Waals surface area contributed by atoms with E-state index < -0.39 is 8.32 Å². The van der Waals surface area contributed by atoms with E-state index in [9.17, 15) is 4.79 Å². The summed E-state index contributed by atoms with van der Waals surface area (Å²) in [4.78, 5) is 10.9. The first kappa shape index (κ1) is 21.6. The molecule has 0 aliphatic heterocycles. The Morgan fingerprint density at radius 2 is 1.14 bits per heavy atom. The molecular weight excluding hydrogens is 292 g/mol. The Bertz CT molecular complexity index is 262. The molecule has 0 amide bonds. The zero-order chi connectivity index (χ0) is 16.7. The predicted octanol–water partition coefficient (Wildman–Crippen LogP) is 5.69. The van der Waals surface area contributed by atoms with Crippen molar-refractivity contribution in [2.45, 2.75) is 96.7 Å². The summed E-state index contributed by atoms with van der Waals surface area (Å²) in [5.74, 6) is -0.0738. The van der Waals surface area contributed by atoms with Gasteiger partial charge in [0.25, 0.3) is 0 Å². The lowest BCUT2D eigenvalue weighted by Gasteiger charge is -2.16. The van der Waals surface area contributed by atoms with Crippen molar-refractivity contribution in [1.29, 1.82) is 0 Å². The number of carbonyl (C=O) groups excluding carboxylic acids is 1. The molecule has 0 unspecified atom stereocenters. The largest absolute Gasteiger partial charge is 0.469 e. The number of hydrogen-bond acceptors (Lipinski definition) is 3. The highest BCUT2D eigenvalue weighted by Gasteiger charge is 2.12. The molecule has 0 aliphatic carbocycles. The Labute approximate surface area is 139 Å².